The van der Waals surface area contributed by atoms with Crippen molar-refractivity contribution in [1.29, 1.82) is 0 Å². The maximum Gasteiger partial charge on any atom is 0.254 e. The van der Waals surface area contributed by atoms with Gasteiger partial charge in [0, 0.05) is 18.5 Å². The van der Waals surface area contributed by atoms with Crippen LogP contribution in [0.5, 0.6) is 5.75 Å². The van der Waals surface area contributed by atoms with Crippen molar-refractivity contribution in [1.82, 2.24) is 5.32 Å². The summed E-state index contributed by atoms with van der Waals surface area (Å²) in [4.78, 5) is 11.9. The van der Waals surface area contributed by atoms with Crippen molar-refractivity contribution >= 4 is 17.5 Å². The van der Waals surface area contributed by atoms with Gasteiger partial charge in [-0.25, -0.2) is 4.39 Å². The van der Waals surface area contributed by atoms with E-state index < -0.39 is 11.7 Å². The summed E-state index contributed by atoms with van der Waals surface area (Å²) in [5.74, 6) is -0.105. The van der Waals surface area contributed by atoms with Gasteiger partial charge >= 0.3 is 0 Å². The van der Waals surface area contributed by atoms with E-state index in [1.165, 1.54) is 19.2 Å². The number of halogens is 2. The molecule has 0 aliphatic heterocycles. The predicted molar refractivity (Wildman–Crippen MR) is 74.4 cm³/mol. The second-order valence-corrected chi connectivity index (χ2v) is 5.51. The molecule has 0 atom stereocenters. The molecule has 1 rings (SSSR count). The van der Waals surface area contributed by atoms with Crippen molar-refractivity contribution in [2.24, 2.45) is 5.41 Å². The lowest BCUT2D eigenvalue weighted by Crippen LogP contribution is -2.34. The van der Waals surface area contributed by atoms with Gasteiger partial charge in [-0.05, 0) is 24.0 Å². The van der Waals surface area contributed by atoms with E-state index >= 15 is 0 Å². The lowest BCUT2D eigenvalue weighted by atomic mass is 9.90. The normalized spacial score (nSPS) is 11.2. The van der Waals surface area contributed by atoms with E-state index in [0.29, 0.717) is 18.2 Å². The van der Waals surface area contributed by atoms with Crippen molar-refractivity contribution in [3.63, 3.8) is 0 Å². The van der Waals surface area contributed by atoms with Crippen LogP contribution in [0, 0.1) is 11.2 Å². The van der Waals surface area contributed by atoms with E-state index in [2.05, 4.69) is 5.32 Å². The molecule has 0 fully saturated rings. The van der Waals surface area contributed by atoms with E-state index in [0.717, 1.165) is 6.42 Å². The lowest BCUT2D eigenvalue weighted by Gasteiger charge is -2.23. The van der Waals surface area contributed by atoms with E-state index in [9.17, 15) is 9.18 Å². The predicted octanol–water partition coefficient (Wildman–Crippen LogP) is 3.22. The summed E-state index contributed by atoms with van der Waals surface area (Å²) in [6.45, 7) is 4.45. The zero-order valence-corrected chi connectivity index (χ0v) is 12.2. The van der Waals surface area contributed by atoms with Crippen molar-refractivity contribution in [3.8, 4) is 5.75 Å². The Bertz CT molecular complexity index is 449. The quantitative estimate of drug-likeness (QED) is 0.816. The van der Waals surface area contributed by atoms with Gasteiger partial charge in [0.05, 0.1) is 12.7 Å². The van der Waals surface area contributed by atoms with Crippen LogP contribution in [-0.4, -0.2) is 25.4 Å². The van der Waals surface area contributed by atoms with E-state index in [4.69, 9.17) is 16.3 Å². The van der Waals surface area contributed by atoms with Gasteiger partial charge in [0.25, 0.3) is 5.91 Å². The van der Waals surface area contributed by atoms with E-state index in [-0.39, 0.29) is 11.0 Å². The molecule has 1 amide bonds. The zero-order chi connectivity index (χ0) is 14.5. The van der Waals surface area contributed by atoms with Crippen LogP contribution in [0.3, 0.4) is 0 Å². The standard InChI is InChI=1S/C14H19ClFNO2/c1-14(2,6-7-15)9-17-13(18)11-5-4-10(19-3)8-12(11)16/h4-5,8H,6-7,9H2,1-3H3,(H,17,18). The third kappa shape index (κ3) is 4.71. The minimum absolute atomic E-state index is 0.0162. The van der Waals surface area contributed by atoms with Gasteiger partial charge in [0.1, 0.15) is 11.6 Å². The second-order valence-electron chi connectivity index (χ2n) is 5.13. The smallest absolute Gasteiger partial charge is 0.254 e. The number of rotatable bonds is 6. The molecule has 1 N–H and O–H groups in total. The highest BCUT2D eigenvalue weighted by molar-refractivity contribution is 6.17. The number of nitrogens with one attached hydrogen (secondary N) is 1. The molecule has 1 aromatic carbocycles. The Hall–Kier alpha value is -1.29. The first kappa shape index (κ1) is 15.8. The van der Waals surface area contributed by atoms with Gasteiger partial charge < -0.3 is 10.1 Å². The topological polar surface area (TPSA) is 38.3 Å². The van der Waals surface area contributed by atoms with Crippen LogP contribution in [0.2, 0.25) is 0 Å². The number of alkyl halides is 1. The number of hydrogen-bond acceptors (Lipinski definition) is 2. The monoisotopic (exact) mass is 287 g/mol. The number of methoxy groups -OCH3 is 1. The van der Waals surface area contributed by atoms with Gasteiger partial charge in [0.2, 0.25) is 0 Å². The highest BCUT2D eigenvalue weighted by Crippen LogP contribution is 2.20. The van der Waals surface area contributed by atoms with Gasteiger partial charge in [0.15, 0.2) is 0 Å². The second kappa shape index (κ2) is 6.75. The first-order valence-electron chi connectivity index (χ1n) is 6.07. The summed E-state index contributed by atoms with van der Waals surface area (Å²) >= 11 is 5.69. The number of amides is 1. The molecule has 0 unspecified atom stereocenters. The molecule has 0 saturated carbocycles. The van der Waals surface area contributed by atoms with Crippen LogP contribution >= 0.6 is 11.6 Å². The number of carbonyl (C=O) groups is 1. The molecular weight excluding hydrogens is 269 g/mol. The van der Waals surface area contributed by atoms with Gasteiger partial charge in [-0.15, -0.1) is 11.6 Å². The SMILES string of the molecule is COc1ccc(C(=O)NCC(C)(C)CCCl)c(F)c1. The highest BCUT2D eigenvalue weighted by atomic mass is 35.5. The van der Waals surface area contributed by atoms with Crippen molar-refractivity contribution < 1.29 is 13.9 Å². The maximum atomic E-state index is 13.7. The Labute approximate surface area is 118 Å². The molecule has 106 valence electrons. The summed E-state index contributed by atoms with van der Waals surface area (Å²) in [5, 5.41) is 2.72. The van der Waals surface area contributed by atoms with E-state index in [1.807, 2.05) is 13.8 Å². The first-order valence-corrected chi connectivity index (χ1v) is 6.61. The molecule has 3 nitrogen and oxygen atoms in total. The zero-order valence-electron chi connectivity index (χ0n) is 11.4. The summed E-state index contributed by atoms with van der Waals surface area (Å²) in [6.07, 6.45) is 0.778. The molecule has 1 aromatic rings. The molecule has 0 heterocycles. The largest absolute Gasteiger partial charge is 0.497 e. The van der Waals surface area contributed by atoms with Crippen molar-refractivity contribution in [2.75, 3.05) is 19.5 Å². The molecule has 0 radical (unpaired) electrons. The van der Waals surface area contributed by atoms with Crippen LogP contribution < -0.4 is 10.1 Å². The fraction of sp³-hybridized carbons (Fsp3) is 0.500. The van der Waals surface area contributed by atoms with Crippen LogP contribution in [-0.2, 0) is 0 Å². The summed E-state index contributed by atoms with van der Waals surface area (Å²) < 4.78 is 18.6. The van der Waals surface area contributed by atoms with Gasteiger partial charge in [-0.3, -0.25) is 4.79 Å². The summed E-state index contributed by atoms with van der Waals surface area (Å²) in [5.41, 5.74) is -0.0946. The van der Waals surface area contributed by atoms with Crippen molar-refractivity contribution in [3.05, 3.63) is 29.6 Å². The molecule has 0 saturated heterocycles. The lowest BCUT2D eigenvalue weighted by molar-refractivity contribution is 0.0931. The molecule has 5 heteroatoms. The van der Waals surface area contributed by atoms with Crippen molar-refractivity contribution in [2.45, 2.75) is 20.3 Å². The molecule has 0 aliphatic carbocycles. The third-order valence-corrected chi connectivity index (χ3v) is 3.11. The Morgan fingerprint density at radius 1 is 1.47 bits per heavy atom. The van der Waals surface area contributed by atoms with Crippen LogP contribution in [0.25, 0.3) is 0 Å². The van der Waals surface area contributed by atoms with Crippen LogP contribution in [0.15, 0.2) is 18.2 Å². The fourth-order valence-electron chi connectivity index (χ4n) is 1.57. The fourth-order valence-corrected chi connectivity index (χ4v) is 2.08. The number of carbonyl (C=O) groups excluding carboxylic acids is 1. The average molecular weight is 288 g/mol. The number of ether oxygens (including phenoxy) is 1. The molecule has 0 spiro atoms. The Kier molecular flexibility index (Phi) is 5.60. The number of hydrogen-bond donors (Lipinski definition) is 1. The Morgan fingerprint density at radius 3 is 2.68 bits per heavy atom. The van der Waals surface area contributed by atoms with Crippen LogP contribution in [0.4, 0.5) is 4.39 Å². The minimum atomic E-state index is -0.591. The number of benzene rings is 1. The average Bonchev–Trinajstić information content (AvgIpc) is 2.36. The third-order valence-electron chi connectivity index (χ3n) is 2.92. The van der Waals surface area contributed by atoms with E-state index in [1.54, 1.807) is 6.07 Å². The Balaban J connectivity index is 2.68. The Morgan fingerprint density at radius 2 is 2.16 bits per heavy atom. The highest BCUT2D eigenvalue weighted by Gasteiger charge is 2.20. The molecule has 0 bridgehead atoms. The minimum Gasteiger partial charge on any atom is -0.497 e. The maximum absolute atomic E-state index is 13.7. The van der Waals surface area contributed by atoms with Gasteiger partial charge in [-0.2, -0.15) is 0 Å². The van der Waals surface area contributed by atoms with Crippen LogP contribution in [0.1, 0.15) is 30.6 Å². The molecule has 0 aromatic heterocycles. The summed E-state index contributed by atoms with van der Waals surface area (Å²) in [6, 6.07) is 4.17. The molecular formula is C14H19ClFNO2. The summed E-state index contributed by atoms with van der Waals surface area (Å²) in [7, 11) is 1.45. The molecule has 0 aliphatic rings. The first-order chi connectivity index (χ1) is 8.89. The molecule has 19 heavy (non-hydrogen) atoms. The van der Waals surface area contributed by atoms with Gasteiger partial charge in [-0.1, -0.05) is 13.8 Å².